The van der Waals surface area contributed by atoms with Crippen LogP contribution >= 0.6 is 0 Å². The third-order valence-corrected chi connectivity index (χ3v) is 2.76. The van der Waals surface area contributed by atoms with Crippen LogP contribution in [0.15, 0.2) is 24.3 Å². The number of hydrogen-bond acceptors (Lipinski definition) is 4. The monoisotopic (exact) mass is 280 g/mol. The van der Waals surface area contributed by atoms with Crippen molar-refractivity contribution in [3.05, 3.63) is 29.8 Å². The van der Waals surface area contributed by atoms with Gasteiger partial charge in [0.05, 0.1) is 6.42 Å². The molecule has 0 aliphatic rings. The van der Waals surface area contributed by atoms with E-state index >= 15 is 0 Å². The zero-order valence-corrected chi connectivity index (χ0v) is 11.7. The summed E-state index contributed by atoms with van der Waals surface area (Å²) >= 11 is 0. The molecule has 0 aromatic heterocycles. The van der Waals surface area contributed by atoms with Crippen LogP contribution in [0, 0.1) is 0 Å². The summed E-state index contributed by atoms with van der Waals surface area (Å²) in [6.45, 7) is 0.640. The number of carbonyl (C=O) groups is 2. The van der Waals surface area contributed by atoms with Crippen molar-refractivity contribution in [2.45, 2.75) is 6.42 Å². The molecule has 1 aromatic carbocycles. The maximum atomic E-state index is 12.1. The summed E-state index contributed by atoms with van der Waals surface area (Å²) in [6.07, 6.45) is 0.0785. The van der Waals surface area contributed by atoms with E-state index in [2.05, 4.69) is 0 Å². The number of rotatable bonds is 7. The smallest absolute Gasteiger partial charge is 0.323 e. The molecule has 0 aliphatic carbocycles. The zero-order chi connectivity index (χ0) is 15.1. The summed E-state index contributed by atoms with van der Waals surface area (Å²) < 4.78 is 0. The average Bonchev–Trinajstić information content (AvgIpc) is 2.33. The molecule has 0 fully saturated rings. The van der Waals surface area contributed by atoms with Gasteiger partial charge in [-0.05, 0) is 31.8 Å². The third kappa shape index (κ3) is 5.71. The first-order valence-corrected chi connectivity index (χ1v) is 6.30. The van der Waals surface area contributed by atoms with Gasteiger partial charge in [0.25, 0.3) is 0 Å². The van der Waals surface area contributed by atoms with E-state index in [1.165, 1.54) is 17.0 Å². The second-order valence-electron chi connectivity index (χ2n) is 4.86. The van der Waals surface area contributed by atoms with Crippen LogP contribution in [0.1, 0.15) is 5.56 Å². The van der Waals surface area contributed by atoms with Gasteiger partial charge in [-0.1, -0.05) is 12.1 Å². The van der Waals surface area contributed by atoms with Gasteiger partial charge in [-0.2, -0.15) is 0 Å². The van der Waals surface area contributed by atoms with E-state index in [-0.39, 0.29) is 24.6 Å². The number of phenols is 1. The Labute approximate surface area is 118 Å². The molecule has 0 bridgehead atoms. The molecule has 0 radical (unpaired) electrons. The van der Waals surface area contributed by atoms with Gasteiger partial charge in [-0.3, -0.25) is 9.59 Å². The number of benzene rings is 1. The van der Waals surface area contributed by atoms with Gasteiger partial charge in [-0.15, -0.1) is 0 Å². The lowest BCUT2D eigenvalue weighted by molar-refractivity contribution is -0.144. The zero-order valence-electron chi connectivity index (χ0n) is 11.7. The number of phenolic OH excluding ortho intramolecular Hbond substituents is 1. The van der Waals surface area contributed by atoms with Crippen LogP contribution in [-0.4, -0.2) is 65.6 Å². The van der Waals surface area contributed by atoms with Crippen LogP contribution < -0.4 is 0 Å². The van der Waals surface area contributed by atoms with E-state index in [0.29, 0.717) is 18.7 Å². The van der Waals surface area contributed by atoms with Crippen LogP contribution in [0.2, 0.25) is 0 Å². The van der Waals surface area contributed by atoms with E-state index in [4.69, 9.17) is 5.11 Å². The number of nitrogens with zero attached hydrogens (tertiary/aromatic N) is 2. The fourth-order valence-electron chi connectivity index (χ4n) is 1.73. The number of carboxylic acids is 1. The highest BCUT2D eigenvalue weighted by Crippen LogP contribution is 2.12. The van der Waals surface area contributed by atoms with Crippen LogP contribution in [-0.2, 0) is 16.0 Å². The van der Waals surface area contributed by atoms with Crippen molar-refractivity contribution in [1.29, 1.82) is 0 Å². The number of hydrogen-bond donors (Lipinski definition) is 2. The quantitative estimate of drug-likeness (QED) is 0.756. The van der Waals surface area contributed by atoms with Gasteiger partial charge in [-0.25, -0.2) is 0 Å². The van der Waals surface area contributed by atoms with Crippen molar-refractivity contribution >= 4 is 11.9 Å². The maximum absolute atomic E-state index is 12.1. The highest BCUT2D eigenvalue weighted by atomic mass is 16.4. The Bertz CT molecular complexity index is 474. The Morgan fingerprint density at radius 2 is 1.90 bits per heavy atom. The Kier molecular flexibility index (Phi) is 5.99. The van der Waals surface area contributed by atoms with Crippen molar-refractivity contribution in [3.63, 3.8) is 0 Å². The van der Waals surface area contributed by atoms with Crippen molar-refractivity contribution in [1.82, 2.24) is 9.80 Å². The van der Waals surface area contributed by atoms with Crippen molar-refractivity contribution in [2.24, 2.45) is 0 Å². The molecule has 0 spiro atoms. The van der Waals surface area contributed by atoms with E-state index < -0.39 is 5.97 Å². The van der Waals surface area contributed by atoms with Crippen molar-refractivity contribution in [2.75, 3.05) is 33.7 Å². The molecule has 0 unspecified atom stereocenters. The topological polar surface area (TPSA) is 81.1 Å². The van der Waals surface area contributed by atoms with Gasteiger partial charge < -0.3 is 20.0 Å². The molecule has 0 saturated carbocycles. The van der Waals surface area contributed by atoms with Crippen molar-refractivity contribution < 1.29 is 19.8 Å². The minimum Gasteiger partial charge on any atom is -0.508 e. The number of likely N-dealkylation sites (N-methyl/N-ethyl adjacent to an activating group) is 1. The first-order chi connectivity index (χ1) is 9.38. The van der Waals surface area contributed by atoms with Gasteiger partial charge in [0.2, 0.25) is 5.91 Å². The predicted molar refractivity (Wildman–Crippen MR) is 74.6 cm³/mol. The van der Waals surface area contributed by atoms with Gasteiger partial charge >= 0.3 is 5.97 Å². The van der Waals surface area contributed by atoms with E-state index in [1.807, 2.05) is 19.0 Å². The number of aromatic hydroxyl groups is 1. The predicted octanol–water partition coefficient (Wildman–Crippen LogP) is 0.410. The third-order valence-electron chi connectivity index (χ3n) is 2.76. The summed E-state index contributed by atoms with van der Waals surface area (Å²) in [5.41, 5.74) is 0.662. The standard InChI is InChI=1S/C14H20N2O4/c1-15(2)6-7-16(10-14(19)20)13(18)9-11-4-3-5-12(17)8-11/h3-5,8,17H,6-7,9-10H2,1-2H3,(H,19,20). The highest BCUT2D eigenvalue weighted by Gasteiger charge is 2.17. The molecule has 1 rings (SSSR count). The average molecular weight is 280 g/mol. The Morgan fingerprint density at radius 3 is 2.45 bits per heavy atom. The first-order valence-electron chi connectivity index (χ1n) is 6.30. The minimum atomic E-state index is -1.03. The molecule has 110 valence electrons. The number of carbonyl (C=O) groups excluding carboxylic acids is 1. The lowest BCUT2D eigenvalue weighted by Gasteiger charge is -2.22. The molecular weight excluding hydrogens is 260 g/mol. The SMILES string of the molecule is CN(C)CCN(CC(=O)O)C(=O)Cc1cccc(O)c1. The molecule has 0 heterocycles. The Balaban J connectivity index is 2.69. The Hall–Kier alpha value is -2.08. The minimum absolute atomic E-state index is 0.0785. The first kappa shape index (κ1) is 16.0. The second-order valence-corrected chi connectivity index (χ2v) is 4.86. The summed E-state index contributed by atoms with van der Waals surface area (Å²) in [7, 11) is 3.72. The molecule has 0 aliphatic heterocycles. The molecule has 0 atom stereocenters. The number of aliphatic carboxylic acids is 1. The summed E-state index contributed by atoms with van der Waals surface area (Å²) in [5, 5.41) is 18.2. The number of carboxylic acid groups (broad SMARTS) is 1. The van der Waals surface area contributed by atoms with Crippen LogP contribution in [0.5, 0.6) is 5.75 Å². The van der Waals surface area contributed by atoms with Gasteiger partial charge in [0.1, 0.15) is 12.3 Å². The second kappa shape index (κ2) is 7.49. The normalized spacial score (nSPS) is 10.6. The van der Waals surface area contributed by atoms with E-state index in [0.717, 1.165) is 0 Å². The lowest BCUT2D eigenvalue weighted by atomic mass is 10.1. The molecule has 2 N–H and O–H groups in total. The van der Waals surface area contributed by atoms with E-state index in [9.17, 15) is 14.7 Å². The molecule has 1 amide bonds. The fourth-order valence-corrected chi connectivity index (χ4v) is 1.73. The Morgan fingerprint density at radius 1 is 1.20 bits per heavy atom. The van der Waals surface area contributed by atoms with Gasteiger partial charge in [0.15, 0.2) is 0 Å². The fraction of sp³-hybridized carbons (Fsp3) is 0.429. The van der Waals surface area contributed by atoms with Crippen molar-refractivity contribution in [3.8, 4) is 5.75 Å². The highest BCUT2D eigenvalue weighted by molar-refractivity contribution is 5.83. The summed E-state index contributed by atoms with van der Waals surface area (Å²) in [5.74, 6) is -1.21. The molecule has 0 saturated heterocycles. The van der Waals surface area contributed by atoms with Crippen LogP contribution in [0.25, 0.3) is 0 Å². The maximum Gasteiger partial charge on any atom is 0.323 e. The van der Waals surface area contributed by atoms with E-state index in [1.54, 1.807) is 12.1 Å². The largest absolute Gasteiger partial charge is 0.508 e. The van der Waals surface area contributed by atoms with Crippen LogP contribution in [0.4, 0.5) is 0 Å². The number of amides is 1. The lowest BCUT2D eigenvalue weighted by Crippen LogP contribution is -2.40. The van der Waals surface area contributed by atoms with Gasteiger partial charge in [0, 0.05) is 13.1 Å². The molecule has 20 heavy (non-hydrogen) atoms. The molecule has 6 nitrogen and oxygen atoms in total. The molecule has 1 aromatic rings. The van der Waals surface area contributed by atoms with Crippen LogP contribution in [0.3, 0.4) is 0 Å². The summed E-state index contributed by atoms with van der Waals surface area (Å²) in [4.78, 5) is 26.1. The molecular formula is C14H20N2O4. The molecule has 6 heteroatoms. The summed E-state index contributed by atoms with van der Waals surface area (Å²) in [6, 6.07) is 6.40.